The number of amides is 1. The molecule has 1 atom stereocenters. The van der Waals surface area contributed by atoms with Crippen molar-refractivity contribution in [3.63, 3.8) is 0 Å². The Kier molecular flexibility index (Phi) is 6.08. The first-order valence-electron chi connectivity index (χ1n) is 6.02. The van der Waals surface area contributed by atoms with E-state index in [1.807, 2.05) is 19.1 Å². The zero-order valence-corrected chi connectivity index (χ0v) is 11.0. The van der Waals surface area contributed by atoms with Crippen LogP contribution in [0, 0.1) is 0 Å². The molecule has 0 N–H and O–H groups in total. The van der Waals surface area contributed by atoms with E-state index < -0.39 is 0 Å². The predicted octanol–water partition coefficient (Wildman–Crippen LogP) is 2.19. The monoisotopic (exact) mass is 248 g/mol. The molecule has 1 amide bonds. The molecule has 4 heteroatoms. The van der Waals surface area contributed by atoms with Gasteiger partial charge in [-0.15, -0.1) is 0 Å². The second-order valence-corrected chi connectivity index (χ2v) is 4.04. The highest BCUT2D eigenvalue weighted by atomic mass is 16.5. The van der Waals surface area contributed by atoms with Crippen molar-refractivity contribution in [3.8, 4) is 0 Å². The van der Waals surface area contributed by atoms with Crippen LogP contribution in [0.1, 0.15) is 24.9 Å². The van der Waals surface area contributed by atoms with Crippen LogP contribution in [0.3, 0.4) is 0 Å². The van der Waals surface area contributed by atoms with Gasteiger partial charge in [0.25, 0.3) is 0 Å². The molecule has 0 aliphatic rings. The summed E-state index contributed by atoms with van der Waals surface area (Å²) in [7, 11) is 1.66. The summed E-state index contributed by atoms with van der Waals surface area (Å²) in [6.07, 6.45) is 5.63. The molecule has 0 saturated carbocycles. The molecular formula is C14H20N2O2. The lowest BCUT2D eigenvalue weighted by Gasteiger charge is -2.28. The van der Waals surface area contributed by atoms with E-state index in [1.54, 1.807) is 24.4 Å². The molecule has 1 aromatic rings. The van der Waals surface area contributed by atoms with Crippen LogP contribution in [-0.4, -0.2) is 36.1 Å². The van der Waals surface area contributed by atoms with E-state index in [1.165, 1.54) is 6.08 Å². The fourth-order valence-electron chi connectivity index (χ4n) is 1.81. The Balaban J connectivity index is 2.75. The summed E-state index contributed by atoms with van der Waals surface area (Å²) >= 11 is 0. The van der Waals surface area contributed by atoms with E-state index in [4.69, 9.17) is 4.74 Å². The van der Waals surface area contributed by atoms with Crippen molar-refractivity contribution in [3.05, 3.63) is 42.7 Å². The summed E-state index contributed by atoms with van der Waals surface area (Å²) < 4.78 is 5.02. The van der Waals surface area contributed by atoms with Gasteiger partial charge in [0, 0.05) is 32.7 Å². The van der Waals surface area contributed by atoms with Crippen molar-refractivity contribution in [1.82, 2.24) is 9.88 Å². The molecule has 0 spiro atoms. The first-order chi connectivity index (χ1) is 8.70. The summed E-state index contributed by atoms with van der Waals surface area (Å²) in [5.41, 5.74) is 1.07. The van der Waals surface area contributed by atoms with E-state index in [2.05, 4.69) is 11.6 Å². The van der Waals surface area contributed by atoms with Crippen LogP contribution >= 0.6 is 0 Å². The van der Waals surface area contributed by atoms with Crippen LogP contribution in [0.4, 0.5) is 0 Å². The molecule has 18 heavy (non-hydrogen) atoms. The number of ether oxygens (including phenoxy) is 1. The topological polar surface area (TPSA) is 42.4 Å². The number of hydrogen-bond donors (Lipinski definition) is 0. The van der Waals surface area contributed by atoms with Crippen molar-refractivity contribution in [1.29, 1.82) is 0 Å². The number of nitrogens with zero attached hydrogens (tertiary/aromatic N) is 2. The van der Waals surface area contributed by atoms with Crippen LogP contribution in [-0.2, 0) is 9.53 Å². The molecule has 4 nitrogen and oxygen atoms in total. The highest BCUT2D eigenvalue weighted by molar-refractivity contribution is 5.87. The number of hydrogen-bond acceptors (Lipinski definition) is 3. The third-order valence-corrected chi connectivity index (χ3v) is 2.86. The smallest absolute Gasteiger partial charge is 0.246 e. The number of methoxy groups -OCH3 is 1. The quantitative estimate of drug-likeness (QED) is 0.548. The van der Waals surface area contributed by atoms with Crippen LogP contribution < -0.4 is 0 Å². The normalized spacial score (nSPS) is 11.9. The average Bonchev–Trinajstić information content (AvgIpc) is 2.43. The van der Waals surface area contributed by atoms with Gasteiger partial charge in [-0.1, -0.05) is 6.58 Å². The molecule has 0 bridgehead atoms. The number of carbonyl (C=O) groups excluding carboxylic acids is 1. The molecule has 1 heterocycles. The minimum absolute atomic E-state index is 0.00959. The Bertz CT molecular complexity index is 379. The van der Waals surface area contributed by atoms with Gasteiger partial charge in [0.05, 0.1) is 6.04 Å². The molecule has 1 unspecified atom stereocenters. The lowest BCUT2D eigenvalue weighted by Crippen LogP contribution is -2.33. The molecule has 0 radical (unpaired) electrons. The summed E-state index contributed by atoms with van der Waals surface area (Å²) in [4.78, 5) is 17.6. The Morgan fingerprint density at radius 2 is 2.22 bits per heavy atom. The lowest BCUT2D eigenvalue weighted by atomic mass is 10.1. The zero-order valence-electron chi connectivity index (χ0n) is 11.0. The van der Waals surface area contributed by atoms with E-state index in [0.717, 1.165) is 12.0 Å². The zero-order chi connectivity index (χ0) is 13.4. The highest BCUT2D eigenvalue weighted by Gasteiger charge is 2.18. The maximum absolute atomic E-state index is 11.9. The van der Waals surface area contributed by atoms with Crippen LogP contribution in [0.25, 0.3) is 0 Å². The van der Waals surface area contributed by atoms with Crippen LogP contribution in [0.2, 0.25) is 0 Å². The molecule has 0 aliphatic heterocycles. The Morgan fingerprint density at radius 1 is 1.56 bits per heavy atom. The molecule has 1 aromatic heterocycles. The summed E-state index contributed by atoms with van der Waals surface area (Å²) in [6.45, 7) is 6.85. The molecule has 0 aliphatic carbocycles. The third kappa shape index (κ3) is 3.96. The lowest BCUT2D eigenvalue weighted by molar-refractivity contribution is -0.128. The Hall–Kier alpha value is -1.68. The minimum Gasteiger partial charge on any atom is -0.385 e. The third-order valence-electron chi connectivity index (χ3n) is 2.86. The molecule has 0 fully saturated rings. The van der Waals surface area contributed by atoms with Gasteiger partial charge in [0.15, 0.2) is 0 Å². The van der Waals surface area contributed by atoms with Crippen molar-refractivity contribution >= 4 is 5.91 Å². The second-order valence-electron chi connectivity index (χ2n) is 4.04. The van der Waals surface area contributed by atoms with E-state index >= 15 is 0 Å². The van der Waals surface area contributed by atoms with E-state index in [0.29, 0.717) is 13.2 Å². The maximum atomic E-state index is 11.9. The first kappa shape index (κ1) is 14.4. The molecule has 98 valence electrons. The number of rotatable bonds is 7. The Labute approximate surface area is 108 Å². The first-order valence-corrected chi connectivity index (χ1v) is 6.02. The van der Waals surface area contributed by atoms with Gasteiger partial charge in [-0.2, -0.15) is 0 Å². The van der Waals surface area contributed by atoms with Gasteiger partial charge in [-0.3, -0.25) is 9.78 Å². The van der Waals surface area contributed by atoms with Crippen molar-refractivity contribution < 1.29 is 9.53 Å². The summed E-state index contributed by atoms with van der Waals surface area (Å²) in [5.74, 6) is -0.0598. The summed E-state index contributed by atoms with van der Waals surface area (Å²) in [5, 5.41) is 0. The largest absolute Gasteiger partial charge is 0.385 e. The van der Waals surface area contributed by atoms with E-state index in [9.17, 15) is 4.79 Å². The van der Waals surface area contributed by atoms with Crippen molar-refractivity contribution in [2.75, 3.05) is 20.3 Å². The highest BCUT2D eigenvalue weighted by Crippen LogP contribution is 2.19. The minimum atomic E-state index is -0.0598. The van der Waals surface area contributed by atoms with Gasteiger partial charge >= 0.3 is 0 Å². The predicted molar refractivity (Wildman–Crippen MR) is 71.1 cm³/mol. The number of carbonyl (C=O) groups is 1. The number of aromatic nitrogens is 1. The average molecular weight is 248 g/mol. The molecule has 0 aromatic carbocycles. The van der Waals surface area contributed by atoms with Gasteiger partial charge in [-0.05, 0) is 37.1 Å². The van der Waals surface area contributed by atoms with Gasteiger partial charge < -0.3 is 9.64 Å². The fourth-order valence-corrected chi connectivity index (χ4v) is 1.81. The van der Waals surface area contributed by atoms with E-state index in [-0.39, 0.29) is 11.9 Å². The fraction of sp³-hybridized carbons (Fsp3) is 0.429. The van der Waals surface area contributed by atoms with Gasteiger partial charge in [-0.25, -0.2) is 0 Å². The second kappa shape index (κ2) is 7.61. The summed E-state index contributed by atoms with van der Waals surface area (Å²) in [6, 6.07) is 3.85. The maximum Gasteiger partial charge on any atom is 0.246 e. The van der Waals surface area contributed by atoms with Crippen LogP contribution in [0.5, 0.6) is 0 Å². The SMILES string of the molecule is C=CC(=O)N(CCCOC)C(C)c1ccncc1. The molecular weight excluding hydrogens is 228 g/mol. The van der Waals surface area contributed by atoms with Crippen molar-refractivity contribution in [2.45, 2.75) is 19.4 Å². The van der Waals surface area contributed by atoms with Crippen molar-refractivity contribution in [2.24, 2.45) is 0 Å². The number of pyridine rings is 1. The standard InChI is InChI=1S/C14H20N2O2/c1-4-14(17)16(10-5-11-18-3)12(2)13-6-8-15-9-7-13/h4,6-9,12H,1,5,10-11H2,2-3H3. The van der Waals surface area contributed by atoms with Gasteiger partial charge in [0.2, 0.25) is 5.91 Å². The Morgan fingerprint density at radius 3 is 2.78 bits per heavy atom. The van der Waals surface area contributed by atoms with Gasteiger partial charge in [0.1, 0.15) is 0 Å². The molecule has 0 saturated heterocycles. The molecule has 1 rings (SSSR count). The van der Waals surface area contributed by atoms with Crippen LogP contribution in [0.15, 0.2) is 37.2 Å².